The van der Waals surface area contributed by atoms with Gasteiger partial charge < -0.3 is 5.32 Å². The van der Waals surface area contributed by atoms with Crippen LogP contribution in [0, 0.1) is 6.92 Å². The van der Waals surface area contributed by atoms with Crippen molar-refractivity contribution < 1.29 is 13.2 Å². The summed E-state index contributed by atoms with van der Waals surface area (Å²) in [6.07, 6.45) is 4.79. The second-order valence-electron chi connectivity index (χ2n) is 8.03. The topological polar surface area (TPSA) is 66.5 Å². The highest BCUT2D eigenvalue weighted by atomic mass is 35.5. The number of hydrogen-bond acceptors (Lipinski definition) is 3. The SMILES string of the molecule is CC[C@@H](C(=O)N[C@H](C)c1ccc2c(c1)CCC2)N(c1cc(Cl)ccc1C)S(C)(=O)=O. The number of nitrogens with zero attached hydrogens (tertiary/aromatic N) is 1. The molecule has 0 fully saturated rings. The Morgan fingerprint density at radius 3 is 2.53 bits per heavy atom. The van der Waals surface area contributed by atoms with Gasteiger partial charge in [-0.1, -0.05) is 42.8 Å². The minimum atomic E-state index is -3.71. The zero-order valence-corrected chi connectivity index (χ0v) is 19.5. The van der Waals surface area contributed by atoms with Crippen LogP contribution in [0.1, 0.15) is 55.0 Å². The number of carbonyl (C=O) groups is 1. The maximum atomic E-state index is 13.2. The number of rotatable bonds is 7. The minimum absolute atomic E-state index is 0.223. The monoisotopic (exact) mass is 448 g/mol. The number of carbonyl (C=O) groups excluding carboxylic acids is 1. The number of benzene rings is 2. The van der Waals surface area contributed by atoms with Gasteiger partial charge in [0.25, 0.3) is 0 Å². The van der Waals surface area contributed by atoms with Gasteiger partial charge in [0.05, 0.1) is 18.0 Å². The lowest BCUT2D eigenvalue weighted by Gasteiger charge is -2.32. The van der Waals surface area contributed by atoms with Crippen molar-refractivity contribution in [3.8, 4) is 0 Å². The first-order chi connectivity index (χ1) is 14.1. The third-order valence-corrected chi connectivity index (χ3v) is 7.12. The molecule has 1 N–H and O–H groups in total. The Labute approximate surface area is 184 Å². The lowest BCUT2D eigenvalue weighted by molar-refractivity contribution is -0.122. The molecule has 0 saturated carbocycles. The third kappa shape index (κ3) is 4.81. The summed E-state index contributed by atoms with van der Waals surface area (Å²) in [6.45, 7) is 5.54. The van der Waals surface area contributed by atoms with Crippen molar-refractivity contribution in [3.63, 3.8) is 0 Å². The van der Waals surface area contributed by atoms with Crippen LogP contribution in [0.2, 0.25) is 5.02 Å². The smallest absolute Gasteiger partial charge is 0.244 e. The highest BCUT2D eigenvalue weighted by Crippen LogP contribution is 2.30. The molecule has 0 unspecified atom stereocenters. The number of aryl methyl sites for hydroxylation is 3. The second kappa shape index (κ2) is 8.98. The first kappa shape index (κ1) is 22.6. The van der Waals surface area contributed by atoms with E-state index in [4.69, 9.17) is 11.6 Å². The van der Waals surface area contributed by atoms with Gasteiger partial charge in [-0.3, -0.25) is 9.10 Å². The van der Waals surface area contributed by atoms with Crippen molar-refractivity contribution in [2.75, 3.05) is 10.6 Å². The fourth-order valence-corrected chi connectivity index (χ4v) is 5.54. The van der Waals surface area contributed by atoms with Crippen LogP contribution in [0.5, 0.6) is 0 Å². The molecule has 0 aromatic heterocycles. The van der Waals surface area contributed by atoms with Crippen LogP contribution in [-0.4, -0.2) is 26.6 Å². The fourth-order valence-electron chi connectivity index (χ4n) is 4.11. The van der Waals surface area contributed by atoms with E-state index < -0.39 is 16.1 Å². The Morgan fingerprint density at radius 2 is 1.87 bits per heavy atom. The molecule has 1 aliphatic carbocycles. The van der Waals surface area contributed by atoms with E-state index in [0.29, 0.717) is 17.1 Å². The first-order valence-electron chi connectivity index (χ1n) is 10.3. The molecule has 0 aliphatic heterocycles. The Hall–Kier alpha value is -2.05. The summed E-state index contributed by atoms with van der Waals surface area (Å²) in [5, 5.41) is 3.44. The van der Waals surface area contributed by atoms with E-state index in [2.05, 4.69) is 17.4 Å². The molecular formula is C23H29ClN2O3S. The van der Waals surface area contributed by atoms with Crippen LogP contribution in [0.15, 0.2) is 36.4 Å². The molecular weight excluding hydrogens is 420 g/mol. The minimum Gasteiger partial charge on any atom is -0.348 e. The molecule has 1 aliphatic rings. The van der Waals surface area contributed by atoms with Gasteiger partial charge in [0.15, 0.2) is 0 Å². The largest absolute Gasteiger partial charge is 0.348 e. The van der Waals surface area contributed by atoms with Crippen molar-refractivity contribution >= 4 is 33.2 Å². The van der Waals surface area contributed by atoms with E-state index in [1.165, 1.54) is 21.9 Å². The molecule has 162 valence electrons. The van der Waals surface area contributed by atoms with Gasteiger partial charge in [-0.05, 0) is 73.9 Å². The maximum Gasteiger partial charge on any atom is 0.244 e. The van der Waals surface area contributed by atoms with E-state index in [-0.39, 0.29) is 11.9 Å². The molecule has 0 spiro atoms. The zero-order chi connectivity index (χ0) is 22.1. The molecule has 30 heavy (non-hydrogen) atoms. The Bertz CT molecular complexity index is 1050. The predicted octanol–water partition coefficient (Wildman–Crippen LogP) is 4.56. The van der Waals surface area contributed by atoms with Crippen molar-refractivity contribution in [3.05, 3.63) is 63.7 Å². The van der Waals surface area contributed by atoms with Gasteiger partial charge in [0, 0.05) is 5.02 Å². The zero-order valence-electron chi connectivity index (χ0n) is 17.9. The van der Waals surface area contributed by atoms with Crippen molar-refractivity contribution in [2.45, 2.75) is 58.5 Å². The first-order valence-corrected chi connectivity index (χ1v) is 12.5. The number of amides is 1. The van der Waals surface area contributed by atoms with Crippen molar-refractivity contribution in [1.82, 2.24) is 5.32 Å². The molecule has 7 heteroatoms. The second-order valence-corrected chi connectivity index (χ2v) is 10.3. The predicted molar refractivity (Wildman–Crippen MR) is 123 cm³/mol. The van der Waals surface area contributed by atoms with E-state index in [1.54, 1.807) is 18.2 Å². The summed E-state index contributed by atoms with van der Waals surface area (Å²) in [6, 6.07) is 10.3. The lowest BCUT2D eigenvalue weighted by Crippen LogP contribution is -2.50. The normalized spacial score (nSPS) is 15.4. The van der Waals surface area contributed by atoms with Crippen LogP contribution < -0.4 is 9.62 Å². The maximum absolute atomic E-state index is 13.2. The molecule has 3 rings (SSSR count). The van der Waals surface area contributed by atoms with Gasteiger partial charge in [0.2, 0.25) is 15.9 Å². The number of nitrogens with one attached hydrogen (secondary N) is 1. The summed E-state index contributed by atoms with van der Waals surface area (Å²) < 4.78 is 26.6. The van der Waals surface area contributed by atoms with Gasteiger partial charge >= 0.3 is 0 Å². The molecule has 2 aromatic carbocycles. The van der Waals surface area contributed by atoms with Crippen molar-refractivity contribution in [1.29, 1.82) is 0 Å². The fraction of sp³-hybridized carbons (Fsp3) is 0.435. The molecule has 1 amide bonds. The molecule has 0 saturated heterocycles. The number of sulfonamides is 1. The molecule has 0 radical (unpaired) electrons. The van der Waals surface area contributed by atoms with Crippen LogP contribution in [0.4, 0.5) is 5.69 Å². The van der Waals surface area contributed by atoms with E-state index in [0.717, 1.165) is 30.2 Å². The van der Waals surface area contributed by atoms with Crippen LogP contribution >= 0.6 is 11.6 Å². The van der Waals surface area contributed by atoms with Gasteiger partial charge in [-0.25, -0.2) is 8.42 Å². The van der Waals surface area contributed by atoms with Gasteiger partial charge in [0.1, 0.15) is 6.04 Å². The van der Waals surface area contributed by atoms with Crippen LogP contribution in [0.25, 0.3) is 0 Å². The molecule has 0 bridgehead atoms. The van der Waals surface area contributed by atoms with Gasteiger partial charge in [-0.15, -0.1) is 0 Å². The summed E-state index contributed by atoms with van der Waals surface area (Å²) in [5.41, 5.74) is 4.92. The Kier molecular flexibility index (Phi) is 6.78. The number of hydrogen-bond donors (Lipinski definition) is 1. The summed E-state index contributed by atoms with van der Waals surface area (Å²) >= 11 is 6.13. The average molecular weight is 449 g/mol. The summed E-state index contributed by atoms with van der Waals surface area (Å²) in [7, 11) is -3.71. The third-order valence-electron chi connectivity index (χ3n) is 5.72. The number of anilines is 1. The number of fused-ring (bicyclic) bond motifs is 1. The average Bonchev–Trinajstić information content (AvgIpc) is 3.14. The summed E-state index contributed by atoms with van der Waals surface area (Å²) in [5.74, 6) is -0.324. The Balaban J connectivity index is 1.88. The van der Waals surface area contributed by atoms with Gasteiger partial charge in [-0.2, -0.15) is 0 Å². The highest BCUT2D eigenvalue weighted by molar-refractivity contribution is 7.92. The van der Waals surface area contributed by atoms with E-state index in [1.807, 2.05) is 26.8 Å². The van der Waals surface area contributed by atoms with E-state index >= 15 is 0 Å². The summed E-state index contributed by atoms with van der Waals surface area (Å²) in [4.78, 5) is 13.2. The number of halogens is 1. The molecule has 5 nitrogen and oxygen atoms in total. The van der Waals surface area contributed by atoms with Crippen molar-refractivity contribution in [2.24, 2.45) is 0 Å². The van der Waals surface area contributed by atoms with E-state index in [9.17, 15) is 13.2 Å². The quantitative estimate of drug-likeness (QED) is 0.675. The van der Waals surface area contributed by atoms with Crippen LogP contribution in [-0.2, 0) is 27.7 Å². The highest BCUT2D eigenvalue weighted by Gasteiger charge is 2.33. The molecule has 2 atom stereocenters. The standard InChI is InChI=1S/C23H29ClN2O3S/c1-5-21(26(30(4,28)29)22-14-20(24)12-9-15(22)2)23(27)25-16(3)18-11-10-17-7-6-8-19(17)13-18/h9-14,16,21H,5-8H2,1-4H3,(H,25,27)/t16-,21+/m1/s1. The van der Waals surface area contributed by atoms with Crippen LogP contribution in [0.3, 0.4) is 0 Å². The Morgan fingerprint density at radius 1 is 1.17 bits per heavy atom. The molecule has 2 aromatic rings. The lowest BCUT2D eigenvalue weighted by atomic mass is 10.0. The molecule has 0 heterocycles.